The van der Waals surface area contributed by atoms with Gasteiger partial charge in [-0.05, 0) is 76.1 Å². The number of nitrogens with two attached hydrogens (primary N) is 4. The fourth-order valence-electron chi connectivity index (χ4n) is 8.17. The molecule has 0 spiro atoms. The first kappa shape index (κ1) is 63.4. The molecule has 1 saturated heterocycles. The van der Waals surface area contributed by atoms with Gasteiger partial charge in [0.15, 0.2) is 0 Å². The monoisotopic (exact) mass is 1030 g/mol. The molecule has 1 heterocycles. The maximum atomic E-state index is 14.3. The number of aliphatic hydroxyl groups is 1. The Kier molecular flexibility index (Phi) is 30.7. The summed E-state index contributed by atoms with van der Waals surface area (Å²) in [6.07, 6.45) is 4.74. The van der Waals surface area contributed by atoms with E-state index in [1.807, 2.05) is 20.8 Å². The number of carbonyl (C=O) groups is 9. The SMILES string of the molecule is CCCCCCC[C@@H](O)CC(=O)N[C@H](CN)C(=O)N[C@H]1CCNC(=O)[C@H](CC(C)C)NC(=O)[C@H](CCN)NC(=O)[C@H](CCN)NC(=O)[C@H](CCCC)NC(=O)[C@@H](Cc2ccccc2)NC(=O)[C@H](CCN)NC1=O. The molecule has 0 aromatic heterocycles. The molecule has 1 fully saturated rings. The second kappa shape index (κ2) is 35.4. The van der Waals surface area contributed by atoms with Crippen molar-refractivity contribution < 1.29 is 48.3 Å². The molecule has 9 amide bonds. The van der Waals surface area contributed by atoms with Crippen LogP contribution in [-0.4, -0.2) is 145 Å². The number of carbonyl (C=O) groups excluding carboxylic acids is 9. The zero-order valence-corrected chi connectivity index (χ0v) is 43.4. The highest BCUT2D eigenvalue weighted by Gasteiger charge is 2.35. The van der Waals surface area contributed by atoms with Crippen LogP contribution in [0.1, 0.15) is 130 Å². The Hall–Kier alpha value is -5.75. The number of hydrogen-bond acceptors (Lipinski definition) is 14. The predicted octanol–water partition coefficient (Wildman–Crippen LogP) is -2.02. The maximum Gasteiger partial charge on any atom is 0.244 e. The third-order valence-corrected chi connectivity index (χ3v) is 12.3. The summed E-state index contributed by atoms with van der Waals surface area (Å²) in [6, 6.07) is -1.65. The van der Waals surface area contributed by atoms with Gasteiger partial charge in [-0.15, -0.1) is 0 Å². The third-order valence-electron chi connectivity index (χ3n) is 12.3. The summed E-state index contributed by atoms with van der Waals surface area (Å²) in [7, 11) is 0. The van der Waals surface area contributed by atoms with E-state index >= 15 is 0 Å². The lowest BCUT2D eigenvalue weighted by Gasteiger charge is -2.28. The highest BCUT2D eigenvalue weighted by atomic mass is 16.3. The van der Waals surface area contributed by atoms with Crippen LogP contribution in [0.5, 0.6) is 0 Å². The number of aliphatic hydroxyl groups excluding tert-OH is 1. The molecule has 1 aromatic carbocycles. The van der Waals surface area contributed by atoms with Crippen LogP contribution < -0.4 is 70.8 Å². The minimum atomic E-state index is -1.48. The number of unbranched alkanes of at least 4 members (excludes halogenated alkanes) is 5. The molecule has 1 aromatic rings. The van der Waals surface area contributed by atoms with Crippen molar-refractivity contribution in [2.75, 3.05) is 32.7 Å². The van der Waals surface area contributed by atoms with E-state index in [2.05, 4.69) is 54.8 Å². The second-order valence-corrected chi connectivity index (χ2v) is 19.1. The van der Waals surface area contributed by atoms with E-state index < -0.39 is 114 Å². The van der Waals surface area contributed by atoms with E-state index in [1.165, 1.54) is 0 Å². The standard InChI is InChI=1S/C50H87N13O10/c1-5-7-9-10-14-17-33(64)29-42(65)56-41(30-54)50(73)61-38-22-26-55-43(66)39(27-31(3)4)62-46(69)36(20-24-52)59-45(68)35(19-23-51)58-44(67)34(18-8-6-2)57-49(72)40(28-32-15-12-11-13-16-32)63-47(70)37(21-25-53)60-48(38)71/h11-13,15-16,31,33-41,64H,5-10,14,17-30,51-54H2,1-4H3,(H,55,66)(H,56,65)(H,57,72)(H,58,67)(H,59,68)(H,60,71)(H,61,73)(H,62,69)(H,63,70)/t33-,34+,35+,36+,37+,38+,39+,40-,41-/m1/s1. The molecule has 412 valence electrons. The Morgan fingerprint density at radius 2 is 1.10 bits per heavy atom. The third kappa shape index (κ3) is 24.2. The molecular formula is C50H87N13O10. The average Bonchev–Trinajstić information content (AvgIpc) is 3.35. The smallest absolute Gasteiger partial charge is 0.244 e. The van der Waals surface area contributed by atoms with Gasteiger partial charge in [0.25, 0.3) is 0 Å². The largest absolute Gasteiger partial charge is 0.393 e. The second-order valence-electron chi connectivity index (χ2n) is 19.1. The van der Waals surface area contributed by atoms with E-state index in [-0.39, 0.29) is 83.5 Å². The van der Waals surface area contributed by atoms with E-state index in [4.69, 9.17) is 22.9 Å². The zero-order chi connectivity index (χ0) is 54.3. The van der Waals surface area contributed by atoms with Crippen molar-refractivity contribution in [1.29, 1.82) is 0 Å². The summed E-state index contributed by atoms with van der Waals surface area (Å²) < 4.78 is 0. The van der Waals surface area contributed by atoms with Gasteiger partial charge in [-0.3, -0.25) is 43.2 Å². The van der Waals surface area contributed by atoms with Gasteiger partial charge < -0.3 is 75.9 Å². The van der Waals surface area contributed by atoms with E-state index in [0.717, 1.165) is 32.1 Å². The molecule has 2 rings (SSSR count). The molecule has 73 heavy (non-hydrogen) atoms. The van der Waals surface area contributed by atoms with Crippen LogP contribution in [0.25, 0.3) is 0 Å². The predicted molar refractivity (Wildman–Crippen MR) is 276 cm³/mol. The highest BCUT2D eigenvalue weighted by Crippen LogP contribution is 2.12. The molecule has 0 saturated carbocycles. The Morgan fingerprint density at radius 3 is 1.60 bits per heavy atom. The molecule has 9 atom stereocenters. The summed E-state index contributed by atoms with van der Waals surface area (Å²) in [5.41, 5.74) is 24.3. The Morgan fingerprint density at radius 1 is 0.616 bits per heavy atom. The Bertz CT molecular complexity index is 1890. The van der Waals surface area contributed by atoms with Gasteiger partial charge in [-0.1, -0.05) is 103 Å². The maximum absolute atomic E-state index is 14.3. The normalized spacial score (nSPS) is 23.1. The van der Waals surface area contributed by atoms with Crippen LogP contribution in [0.15, 0.2) is 30.3 Å². The molecule has 0 bridgehead atoms. The topological polar surface area (TPSA) is 386 Å². The molecule has 0 radical (unpaired) electrons. The fourth-order valence-corrected chi connectivity index (χ4v) is 8.17. The van der Waals surface area contributed by atoms with Crippen molar-refractivity contribution in [3.8, 4) is 0 Å². The highest BCUT2D eigenvalue weighted by molar-refractivity contribution is 5.98. The number of rotatable bonds is 25. The molecular weight excluding hydrogens is 943 g/mol. The number of nitrogens with one attached hydrogen (secondary N) is 9. The number of benzene rings is 1. The van der Waals surface area contributed by atoms with Gasteiger partial charge in [0.1, 0.15) is 48.3 Å². The lowest BCUT2D eigenvalue weighted by molar-refractivity contribution is -0.136. The Balaban J connectivity index is 2.65. The molecule has 0 unspecified atom stereocenters. The van der Waals surface area contributed by atoms with Gasteiger partial charge in [0.2, 0.25) is 53.2 Å². The summed E-state index contributed by atoms with van der Waals surface area (Å²) in [5, 5.41) is 34.5. The van der Waals surface area contributed by atoms with Crippen LogP contribution in [0, 0.1) is 5.92 Å². The first-order valence-electron chi connectivity index (χ1n) is 26.1. The van der Waals surface area contributed by atoms with Crippen LogP contribution in [0.4, 0.5) is 0 Å². The van der Waals surface area contributed by atoms with Crippen molar-refractivity contribution in [3.63, 3.8) is 0 Å². The summed E-state index contributed by atoms with van der Waals surface area (Å²) in [5.74, 6) is -7.00. The van der Waals surface area contributed by atoms with Crippen molar-refractivity contribution in [2.24, 2.45) is 28.9 Å². The fraction of sp³-hybridized carbons (Fsp3) is 0.700. The van der Waals surface area contributed by atoms with Crippen molar-refractivity contribution in [2.45, 2.75) is 185 Å². The van der Waals surface area contributed by atoms with E-state index in [9.17, 15) is 48.3 Å². The minimum Gasteiger partial charge on any atom is -0.393 e. The average molecular weight is 1030 g/mol. The van der Waals surface area contributed by atoms with Gasteiger partial charge in [0, 0.05) is 19.5 Å². The molecule has 18 N–H and O–H groups in total. The summed E-state index contributed by atoms with van der Waals surface area (Å²) >= 11 is 0. The number of hydrogen-bond donors (Lipinski definition) is 14. The van der Waals surface area contributed by atoms with Crippen LogP contribution in [0.2, 0.25) is 0 Å². The first-order valence-corrected chi connectivity index (χ1v) is 26.1. The molecule has 23 nitrogen and oxygen atoms in total. The first-order chi connectivity index (χ1) is 34.9. The number of amides is 9. The quantitative estimate of drug-likeness (QED) is 0.0471. The Labute approximate surface area is 430 Å². The molecule has 23 heteroatoms. The van der Waals surface area contributed by atoms with E-state index in [1.54, 1.807) is 30.3 Å². The lowest BCUT2D eigenvalue weighted by atomic mass is 10.0. The van der Waals surface area contributed by atoms with Gasteiger partial charge in [-0.25, -0.2) is 0 Å². The van der Waals surface area contributed by atoms with Gasteiger partial charge >= 0.3 is 0 Å². The van der Waals surface area contributed by atoms with Crippen LogP contribution in [-0.2, 0) is 49.6 Å². The van der Waals surface area contributed by atoms with Crippen molar-refractivity contribution >= 4 is 53.2 Å². The molecule has 1 aliphatic heterocycles. The van der Waals surface area contributed by atoms with Gasteiger partial charge in [-0.2, -0.15) is 0 Å². The molecule has 0 aliphatic carbocycles. The minimum absolute atomic E-state index is 0.0422. The summed E-state index contributed by atoms with van der Waals surface area (Å²) in [6.45, 7) is 6.78. The van der Waals surface area contributed by atoms with Crippen molar-refractivity contribution in [3.05, 3.63) is 35.9 Å². The molecule has 1 aliphatic rings. The van der Waals surface area contributed by atoms with Crippen molar-refractivity contribution in [1.82, 2.24) is 47.9 Å². The van der Waals surface area contributed by atoms with Crippen LogP contribution in [0.3, 0.4) is 0 Å². The van der Waals surface area contributed by atoms with Gasteiger partial charge in [0.05, 0.1) is 12.5 Å². The zero-order valence-electron chi connectivity index (χ0n) is 43.4. The van der Waals surface area contributed by atoms with Crippen LogP contribution >= 0.6 is 0 Å². The summed E-state index contributed by atoms with van der Waals surface area (Å²) in [4.78, 5) is 125. The van der Waals surface area contributed by atoms with E-state index in [0.29, 0.717) is 24.8 Å². The lowest BCUT2D eigenvalue weighted by Crippen LogP contribution is -2.61.